The molecule has 1 atom stereocenters. The molecule has 2 aliphatic rings. The molecule has 3 heterocycles. The first kappa shape index (κ1) is 19.4. The maximum atomic E-state index is 13.5. The summed E-state index contributed by atoms with van der Waals surface area (Å²) in [5.74, 6) is -0.859. The summed E-state index contributed by atoms with van der Waals surface area (Å²) in [7, 11) is 1.30. The number of amides is 2. The van der Waals surface area contributed by atoms with Crippen molar-refractivity contribution in [1.29, 1.82) is 0 Å². The van der Waals surface area contributed by atoms with E-state index in [0.717, 1.165) is 31.0 Å². The molecule has 4 rings (SSSR count). The molecule has 0 N–H and O–H groups in total. The van der Waals surface area contributed by atoms with E-state index in [9.17, 15) is 18.4 Å². The number of halogens is 2. The zero-order valence-electron chi connectivity index (χ0n) is 16.0. The average molecular weight is 405 g/mol. The third-order valence-corrected chi connectivity index (χ3v) is 5.35. The minimum atomic E-state index is -0.715. The van der Waals surface area contributed by atoms with Gasteiger partial charge in [0, 0.05) is 31.1 Å². The molecule has 7 nitrogen and oxygen atoms in total. The summed E-state index contributed by atoms with van der Waals surface area (Å²) in [6, 6.07) is 2.53. The standard InChI is InChI=1S/C20H21F2N3O4/c1-28-20(27)25-6-3-2-4-16(25)19(26)24-7-5-17-15(11-24)23-18(29-17)12-8-13(21)10-14(22)9-12/h8-10,16H,2-7,11H2,1H3. The van der Waals surface area contributed by atoms with Crippen LogP contribution in [0.2, 0.25) is 0 Å². The van der Waals surface area contributed by atoms with Crippen LogP contribution in [0.15, 0.2) is 22.6 Å². The number of methoxy groups -OCH3 is 1. The smallest absolute Gasteiger partial charge is 0.410 e. The molecule has 2 aliphatic heterocycles. The molecule has 0 spiro atoms. The molecule has 154 valence electrons. The van der Waals surface area contributed by atoms with Crippen LogP contribution in [0.25, 0.3) is 11.5 Å². The summed E-state index contributed by atoms with van der Waals surface area (Å²) in [5.41, 5.74) is 0.767. The molecule has 29 heavy (non-hydrogen) atoms. The first-order valence-electron chi connectivity index (χ1n) is 9.54. The van der Waals surface area contributed by atoms with Gasteiger partial charge in [0.05, 0.1) is 13.7 Å². The molecule has 2 amide bonds. The van der Waals surface area contributed by atoms with Crippen molar-refractivity contribution in [1.82, 2.24) is 14.8 Å². The maximum absolute atomic E-state index is 13.5. The predicted molar refractivity (Wildman–Crippen MR) is 97.7 cm³/mol. The lowest BCUT2D eigenvalue weighted by Crippen LogP contribution is -2.53. The fourth-order valence-corrected chi connectivity index (χ4v) is 3.92. The number of hydrogen-bond donors (Lipinski definition) is 0. The largest absolute Gasteiger partial charge is 0.453 e. The van der Waals surface area contributed by atoms with Gasteiger partial charge < -0.3 is 14.1 Å². The number of fused-ring (bicyclic) bond motifs is 1. The Morgan fingerprint density at radius 2 is 1.93 bits per heavy atom. The van der Waals surface area contributed by atoms with Gasteiger partial charge in [-0.1, -0.05) is 0 Å². The molecule has 1 aromatic heterocycles. The van der Waals surface area contributed by atoms with Gasteiger partial charge in [-0.05, 0) is 31.4 Å². The van der Waals surface area contributed by atoms with Crippen molar-refractivity contribution < 1.29 is 27.5 Å². The maximum Gasteiger partial charge on any atom is 0.410 e. The van der Waals surface area contributed by atoms with E-state index in [1.165, 1.54) is 12.0 Å². The molecular formula is C20H21F2N3O4. The molecule has 9 heteroatoms. The van der Waals surface area contributed by atoms with Gasteiger partial charge in [0.2, 0.25) is 11.8 Å². The van der Waals surface area contributed by atoms with Crippen molar-refractivity contribution in [3.63, 3.8) is 0 Å². The van der Waals surface area contributed by atoms with Crippen molar-refractivity contribution in [2.45, 2.75) is 38.3 Å². The number of oxazole rings is 1. The topological polar surface area (TPSA) is 75.9 Å². The van der Waals surface area contributed by atoms with Crippen LogP contribution in [0.4, 0.5) is 13.6 Å². The fourth-order valence-electron chi connectivity index (χ4n) is 3.92. The van der Waals surface area contributed by atoms with Crippen molar-refractivity contribution in [2.24, 2.45) is 0 Å². The normalized spacial score (nSPS) is 19.1. The molecule has 0 bridgehead atoms. The van der Waals surface area contributed by atoms with Gasteiger partial charge in [-0.3, -0.25) is 9.69 Å². The summed E-state index contributed by atoms with van der Waals surface area (Å²) in [4.78, 5) is 32.6. The summed E-state index contributed by atoms with van der Waals surface area (Å²) in [6.07, 6.45) is 2.22. The highest BCUT2D eigenvalue weighted by atomic mass is 19.1. The number of carbonyl (C=O) groups is 2. The minimum Gasteiger partial charge on any atom is -0.453 e. The number of rotatable bonds is 2. The molecule has 0 aliphatic carbocycles. The number of carbonyl (C=O) groups excluding carboxylic acids is 2. The average Bonchev–Trinajstić information content (AvgIpc) is 3.15. The van der Waals surface area contributed by atoms with Crippen molar-refractivity contribution in [3.8, 4) is 11.5 Å². The first-order valence-corrected chi connectivity index (χ1v) is 9.54. The number of aromatic nitrogens is 1. The van der Waals surface area contributed by atoms with Gasteiger partial charge in [-0.15, -0.1) is 0 Å². The van der Waals surface area contributed by atoms with Crippen LogP contribution < -0.4 is 0 Å². The Bertz CT molecular complexity index is 926. The second-order valence-electron chi connectivity index (χ2n) is 7.23. The first-order chi connectivity index (χ1) is 14.0. The number of ether oxygens (including phenoxy) is 1. The minimum absolute atomic E-state index is 0.122. The van der Waals surface area contributed by atoms with Crippen LogP contribution in [0, 0.1) is 11.6 Å². The van der Waals surface area contributed by atoms with Crippen molar-refractivity contribution in [3.05, 3.63) is 41.3 Å². The van der Waals surface area contributed by atoms with E-state index in [-0.39, 0.29) is 23.9 Å². The quantitative estimate of drug-likeness (QED) is 0.767. The van der Waals surface area contributed by atoms with Gasteiger partial charge in [0.25, 0.3) is 0 Å². The van der Waals surface area contributed by atoms with E-state index in [1.54, 1.807) is 4.90 Å². The Morgan fingerprint density at radius 3 is 2.66 bits per heavy atom. The van der Waals surface area contributed by atoms with Crippen LogP contribution in [-0.2, 0) is 22.5 Å². The van der Waals surface area contributed by atoms with Crippen LogP contribution in [-0.4, -0.2) is 53.0 Å². The Labute approximate surface area is 166 Å². The highest BCUT2D eigenvalue weighted by molar-refractivity contribution is 5.86. The van der Waals surface area contributed by atoms with Crippen molar-refractivity contribution in [2.75, 3.05) is 20.2 Å². The van der Waals surface area contributed by atoms with Gasteiger partial charge in [0.15, 0.2) is 0 Å². The molecule has 0 saturated carbocycles. The van der Waals surface area contributed by atoms with E-state index in [0.29, 0.717) is 37.4 Å². The Balaban J connectivity index is 1.53. The second kappa shape index (κ2) is 7.81. The van der Waals surface area contributed by atoms with E-state index in [2.05, 4.69) is 4.98 Å². The summed E-state index contributed by atoms with van der Waals surface area (Å²) >= 11 is 0. The predicted octanol–water partition coefficient (Wildman–Crippen LogP) is 3.13. The summed E-state index contributed by atoms with van der Waals surface area (Å²) in [5, 5.41) is 0. The van der Waals surface area contributed by atoms with Gasteiger partial charge in [-0.25, -0.2) is 18.6 Å². The van der Waals surface area contributed by atoms with E-state index in [1.807, 2.05) is 0 Å². The molecular weight excluding hydrogens is 384 g/mol. The number of hydrogen-bond acceptors (Lipinski definition) is 5. The lowest BCUT2D eigenvalue weighted by Gasteiger charge is -2.37. The lowest BCUT2D eigenvalue weighted by atomic mass is 10.0. The van der Waals surface area contributed by atoms with Gasteiger partial charge in [0.1, 0.15) is 29.1 Å². The molecule has 1 saturated heterocycles. The zero-order chi connectivity index (χ0) is 20.5. The SMILES string of the molecule is COC(=O)N1CCCCC1C(=O)N1CCc2oc(-c3cc(F)cc(F)c3)nc2C1. The Morgan fingerprint density at radius 1 is 1.17 bits per heavy atom. The highest BCUT2D eigenvalue weighted by Gasteiger charge is 2.37. The van der Waals surface area contributed by atoms with E-state index < -0.39 is 23.8 Å². The Hall–Kier alpha value is -2.97. The van der Waals surface area contributed by atoms with Crippen molar-refractivity contribution >= 4 is 12.0 Å². The fraction of sp³-hybridized carbons (Fsp3) is 0.450. The molecule has 0 radical (unpaired) electrons. The van der Waals surface area contributed by atoms with Crippen LogP contribution in [0.3, 0.4) is 0 Å². The molecule has 1 unspecified atom stereocenters. The zero-order valence-corrected chi connectivity index (χ0v) is 16.0. The van der Waals surface area contributed by atoms with Gasteiger partial charge >= 0.3 is 6.09 Å². The Kier molecular flexibility index (Phi) is 5.21. The number of piperidine rings is 1. The summed E-state index contributed by atoms with van der Waals surface area (Å²) < 4.78 is 37.5. The number of likely N-dealkylation sites (tertiary alicyclic amines) is 1. The van der Waals surface area contributed by atoms with Gasteiger partial charge in [-0.2, -0.15) is 0 Å². The highest BCUT2D eigenvalue weighted by Crippen LogP contribution is 2.29. The molecule has 1 fully saturated rings. The monoisotopic (exact) mass is 405 g/mol. The lowest BCUT2D eigenvalue weighted by molar-refractivity contribution is -0.138. The third-order valence-electron chi connectivity index (χ3n) is 5.35. The van der Waals surface area contributed by atoms with Crippen LogP contribution in [0.5, 0.6) is 0 Å². The third kappa shape index (κ3) is 3.81. The van der Waals surface area contributed by atoms with E-state index in [4.69, 9.17) is 9.15 Å². The molecule has 2 aromatic rings. The van der Waals surface area contributed by atoms with Crippen LogP contribution >= 0.6 is 0 Å². The summed E-state index contributed by atoms with van der Waals surface area (Å²) in [6.45, 7) is 1.13. The second-order valence-corrected chi connectivity index (χ2v) is 7.23. The molecule has 1 aromatic carbocycles. The van der Waals surface area contributed by atoms with Crippen LogP contribution in [0.1, 0.15) is 30.7 Å². The number of benzene rings is 1. The van der Waals surface area contributed by atoms with E-state index >= 15 is 0 Å². The number of nitrogens with zero attached hydrogens (tertiary/aromatic N) is 3.